The molecule has 336 valence electrons. The van der Waals surface area contributed by atoms with Crippen molar-refractivity contribution in [2.45, 2.75) is 19.3 Å². The summed E-state index contributed by atoms with van der Waals surface area (Å²) < 4.78 is 7.44. The monoisotopic (exact) mass is 916 g/mol. The van der Waals surface area contributed by atoms with Crippen molar-refractivity contribution in [1.82, 2.24) is 18.7 Å². The van der Waals surface area contributed by atoms with Crippen molar-refractivity contribution >= 4 is 97.7 Å². The molecule has 4 heterocycles. The number of pyridine rings is 1. The van der Waals surface area contributed by atoms with E-state index in [4.69, 9.17) is 4.98 Å². The van der Waals surface area contributed by atoms with Crippen LogP contribution in [0.1, 0.15) is 25.0 Å². The second-order valence-electron chi connectivity index (χ2n) is 20.3. The van der Waals surface area contributed by atoms with Crippen molar-refractivity contribution in [2.24, 2.45) is 0 Å². The first-order valence-corrected chi connectivity index (χ1v) is 25.0. The summed E-state index contributed by atoms with van der Waals surface area (Å²) >= 11 is 0. The van der Waals surface area contributed by atoms with E-state index in [1.165, 1.54) is 120 Å². The van der Waals surface area contributed by atoms with Gasteiger partial charge >= 0.3 is 0 Å². The van der Waals surface area contributed by atoms with E-state index in [0.717, 1.165) is 28.0 Å². The highest BCUT2D eigenvalue weighted by Crippen LogP contribution is 2.55. The predicted octanol–water partition coefficient (Wildman–Crippen LogP) is 17.8. The zero-order chi connectivity index (χ0) is 47.4. The number of nitrogens with zero attached hydrogens (tertiary/aromatic N) is 4. The summed E-state index contributed by atoms with van der Waals surface area (Å²) in [7, 11) is 0. The first kappa shape index (κ1) is 39.6. The van der Waals surface area contributed by atoms with Gasteiger partial charge in [0.05, 0.1) is 38.8 Å². The van der Waals surface area contributed by atoms with Crippen LogP contribution in [0.3, 0.4) is 0 Å². The van der Waals surface area contributed by atoms with Gasteiger partial charge in [0.25, 0.3) is 0 Å². The number of fused-ring (bicyclic) bond motifs is 19. The number of hydrogen-bond donors (Lipinski definition) is 0. The van der Waals surface area contributed by atoms with Crippen LogP contribution < -0.4 is 0 Å². The van der Waals surface area contributed by atoms with Gasteiger partial charge in [-0.1, -0.05) is 153 Å². The van der Waals surface area contributed by atoms with Gasteiger partial charge in [0.15, 0.2) is 0 Å². The van der Waals surface area contributed by atoms with Crippen LogP contribution >= 0.6 is 0 Å². The van der Waals surface area contributed by atoms with Crippen LogP contribution in [0.15, 0.2) is 231 Å². The van der Waals surface area contributed by atoms with E-state index in [2.05, 4.69) is 252 Å². The van der Waals surface area contributed by atoms with Gasteiger partial charge in [0.2, 0.25) is 0 Å². The van der Waals surface area contributed by atoms with Crippen LogP contribution in [-0.4, -0.2) is 18.7 Å². The van der Waals surface area contributed by atoms with Crippen molar-refractivity contribution in [3.63, 3.8) is 0 Å². The Kier molecular flexibility index (Phi) is 7.92. The lowest BCUT2D eigenvalue weighted by molar-refractivity contribution is 0.661. The van der Waals surface area contributed by atoms with E-state index in [0.29, 0.717) is 0 Å². The molecule has 0 amide bonds. The highest BCUT2D eigenvalue weighted by Gasteiger charge is 2.39. The first-order valence-electron chi connectivity index (χ1n) is 25.0. The van der Waals surface area contributed by atoms with Crippen molar-refractivity contribution < 1.29 is 0 Å². The lowest BCUT2D eigenvalue weighted by atomic mass is 9.81. The van der Waals surface area contributed by atoms with E-state index in [1.807, 2.05) is 6.20 Å². The Labute approximate surface area is 414 Å². The van der Waals surface area contributed by atoms with E-state index >= 15 is 0 Å². The van der Waals surface area contributed by atoms with Gasteiger partial charge in [0, 0.05) is 67.1 Å². The second kappa shape index (κ2) is 14.4. The minimum Gasteiger partial charge on any atom is -0.309 e. The number of aromatic nitrogens is 4. The van der Waals surface area contributed by atoms with Crippen molar-refractivity contribution in [3.8, 4) is 39.3 Å². The SMILES string of the molecule is CC1(C)c2cc3c4ccccc4c4ccccc4c3cc2-c2c1ccc1c3cnccc3n(-c3cccc4c5cc(-c6ccc7c(c6)c6ccccc6n7-c6ccccc6)ccc5n(-c5ccccc5)c34)c21. The lowest BCUT2D eigenvalue weighted by Crippen LogP contribution is -2.15. The molecular weight excluding hydrogens is 873 g/mol. The Morgan fingerprint density at radius 1 is 0.333 bits per heavy atom. The number of para-hydroxylation sites is 4. The molecular formula is C68H44N4. The summed E-state index contributed by atoms with van der Waals surface area (Å²) in [6.07, 6.45) is 4.02. The Bertz CT molecular complexity index is 4820. The Hall–Kier alpha value is -9.25. The molecule has 4 heteroatoms. The molecule has 0 spiro atoms. The largest absolute Gasteiger partial charge is 0.309 e. The summed E-state index contributed by atoms with van der Waals surface area (Å²) in [5, 5.41) is 15.0. The average Bonchev–Trinajstić information content (AvgIpc) is 4.14. The zero-order valence-corrected chi connectivity index (χ0v) is 39.7. The van der Waals surface area contributed by atoms with Crippen molar-refractivity contribution in [2.75, 3.05) is 0 Å². The average molecular weight is 917 g/mol. The maximum atomic E-state index is 4.77. The fourth-order valence-corrected chi connectivity index (χ4v) is 13.1. The lowest BCUT2D eigenvalue weighted by Gasteiger charge is -2.22. The topological polar surface area (TPSA) is 27.7 Å². The Morgan fingerprint density at radius 2 is 0.861 bits per heavy atom. The summed E-state index contributed by atoms with van der Waals surface area (Å²) in [5.41, 5.74) is 17.9. The fourth-order valence-electron chi connectivity index (χ4n) is 13.1. The predicted molar refractivity (Wildman–Crippen MR) is 303 cm³/mol. The van der Waals surface area contributed by atoms with Crippen LogP contribution in [0.4, 0.5) is 0 Å². The summed E-state index contributed by atoms with van der Waals surface area (Å²) in [6.45, 7) is 4.83. The molecule has 11 aromatic carbocycles. The molecule has 0 fully saturated rings. The molecule has 72 heavy (non-hydrogen) atoms. The Balaban J connectivity index is 0.979. The molecule has 1 aliphatic rings. The minimum atomic E-state index is -0.250. The summed E-state index contributed by atoms with van der Waals surface area (Å²) in [4.78, 5) is 4.77. The van der Waals surface area contributed by atoms with Gasteiger partial charge < -0.3 is 13.7 Å². The second-order valence-corrected chi connectivity index (χ2v) is 20.3. The highest BCUT2D eigenvalue weighted by atomic mass is 15.1. The zero-order valence-electron chi connectivity index (χ0n) is 39.7. The van der Waals surface area contributed by atoms with Crippen LogP contribution in [-0.2, 0) is 5.41 Å². The van der Waals surface area contributed by atoms with Gasteiger partial charge in [0.1, 0.15) is 0 Å². The molecule has 0 atom stereocenters. The summed E-state index contributed by atoms with van der Waals surface area (Å²) in [5.74, 6) is 0. The van der Waals surface area contributed by atoms with Crippen LogP contribution in [0.5, 0.6) is 0 Å². The molecule has 16 rings (SSSR count). The number of benzene rings is 11. The van der Waals surface area contributed by atoms with E-state index in [9.17, 15) is 0 Å². The molecule has 0 saturated heterocycles. The van der Waals surface area contributed by atoms with Gasteiger partial charge in [-0.2, -0.15) is 0 Å². The third kappa shape index (κ3) is 5.22. The third-order valence-corrected chi connectivity index (χ3v) is 16.3. The van der Waals surface area contributed by atoms with E-state index < -0.39 is 0 Å². The van der Waals surface area contributed by atoms with Gasteiger partial charge in [-0.25, -0.2) is 0 Å². The molecule has 4 aromatic heterocycles. The fraction of sp³-hybridized carbons (Fsp3) is 0.0441. The maximum Gasteiger partial charge on any atom is 0.0782 e. The van der Waals surface area contributed by atoms with E-state index in [1.54, 1.807) is 0 Å². The molecule has 0 bridgehead atoms. The van der Waals surface area contributed by atoms with Crippen molar-refractivity contribution in [3.05, 3.63) is 242 Å². The maximum absolute atomic E-state index is 4.77. The van der Waals surface area contributed by atoms with Crippen LogP contribution in [0.2, 0.25) is 0 Å². The molecule has 1 aliphatic carbocycles. The van der Waals surface area contributed by atoms with Gasteiger partial charge in [-0.3, -0.25) is 4.98 Å². The molecule has 4 nitrogen and oxygen atoms in total. The van der Waals surface area contributed by atoms with Crippen LogP contribution in [0, 0.1) is 0 Å². The molecule has 0 saturated carbocycles. The standard InChI is InChI=1S/C68H44N4/c1-68(2)58-31-30-51-57-40-69-35-34-63(57)72(67(51)65(58)56-38-52-47-22-11-9-20-45(47)46-21-10-12-23-48(46)53(52)39-59(56)68)64-27-15-25-50-55-37-42(29-33-62(55)71(66(50)64)44-18-7-4-8-19-44)41-28-32-61-54(36-41)49-24-13-14-26-60(49)70(61)43-16-5-3-6-17-43/h3-40H,1-2H3. The third-order valence-electron chi connectivity index (χ3n) is 16.3. The molecule has 0 aliphatic heterocycles. The smallest absolute Gasteiger partial charge is 0.0782 e. The van der Waals surface area contributed by atoms with Crippen LogP contribution in [0.25, 0.3) is 137 Å². The Morgan fingerprint density at radius 3 is 1.56 bits per heavy atom. The van der Waals surface area contributed by atoms with Gasteiger partial charge in [-0.05, 0) is 139 Å². The number of hydrogen-bond acceptors (Lipinski definition) is 1. The molecule has 0 radical (unpaired) electrons. The quantitative estimate of drug-likeness (QED) is 0.162. The molecule has 0 N–H and O–H groups in total. The number of rotatable bonds is 4. The van der Waals surface area contributed by atoms with Gasteiger partial charge in [-0.15, -0.1) is 0 Å². The normalized spacial score (nSPS) is 13.2. The van der Waals surface area contributed by atoms with E-state index in [-0.39, 0.29) is 5.41 Å². The minimum absolute atomic E-state index is 0.250. The molecule has 0 unspecified atom stereocenters. The summed E-state index contributed by atoms with van der Waals surface area (Å²) in [6, 6.07) is 81.2. The first-order chi connectivity index (χ1) is 35.5. The van der Waals surface area contributed by atoms with Crippen molar-refractivity contribution in [1.29, 1.82) is 0 Å². The highest BCUT2D eigenvalue weighted by molar-refractivity contribution is 6.27. The molecule has 15 aromatic rings.